The van der Waals surface area contributed by atoms with Gasteiger partial charge in [-0.05, 0) is 17.0 Å². The maximum Gasteiger partial charge on any atom is 0.132 e. The molecule has 1 fully saturated rings. The van der Waals surface area contributed by atoms with Gasteiger partial charge in [0, 0.05) is 5.92 Å². The summed E-state index contributed by atoms with van der Waals surface area (Å²) in [5, 5.41) is 10.0. The van der Waals surface area contributed by atoms with Crippen LogP contribution in [0.15, 0.2) is 30.3 Å². The van der Waals surface area contributed by atoms with Crippen molar-refractivity contribution in [2.45, 2.75) is 50.7 Å². The van der Waals surface area contributed by atoms with Crippen LogP contribution in [0.2, 0.25) is 18.1 Å². The van der Waals surface area contributed by atoms with Crippen LogP contribution < -0.4 is 0 Å². The van der Waals surface area contributed by atoms with Crippen LogP contribution in [0, 0.1) is 17.2 Å². The first-order valence-corrected chi connectivity index (χ1v) is 10.2. The predicted molar refractivity (Wildman–Crippen MR) is 84.0 cm³/mol. The Hall–Kier alpha value is -1.40. The van der Waals surface area contributed by atoms with Crippen molar-refractivity contribution in [3.05, 3.63) is 35.9 Å². The summed E-state index contributed by atoms with van der Waals surface area (Å²) >= 11 is 0. The highest BCUT2D eigenvalue weighted by atomic mass is 28.3. The minimum absolute atomic E-state index is 0.0323. The van der Waals surface area contributed by atoms with Crippen LogP contribution in [0.3, 0.4) is 0 Å². The summed E-state index contributed by atoms with van der Waals surface area (Å²) in [6, 6.07) is 12.2. The largest absolute Gasteiger partial charge is 0.305 e. The topological polar surface area (TPSA) is 40.9 Å². The Labute approximate surface area is 122 Å². The maximum absolute atomic E-state index is 12.9. The van der Waals surface area contributed by atoms with Crippen LogP contribution in [-0.4, -0.2) is 13.5 Å². The molecular weight excluding hydrogens is 262 g/mol. The first-order valence-electron chi connectivity index (χ1n) is 7.18. The van der Waals surface area contributed by atoms with Gasteiger partial charge in [0.1, 0.15) is 13.5 Å². The van der Waals surface area contributed by atoms with Crippen LogP contribution in [0.5, 0.6) is 0 Å². The SMILES string of the molecule is CC(C)(C)[Si](C)(C)C(=O)[C@H]1C[C@@]1(C#N)c1ccccc1. The third-order valence-corrected chi connectivity index (χ3v) is 10.6. The van der Waals surface area contributed by atoms with E-state index in [1.807, 2.05) is 30.3 Å². The molecule has 0 aliphatic heterocycles. The summed E-state index contributed by atoms with van der Waals surface area (Å²) in [7, 11) is -2.04. The highest BCUT2D eigenvalue weighted by Crippen LogP contribution is 2.57. The average molecular weight is 285 g/mol. The van der Waals surface area contributed by atoms with Crippen molar-refractivity contribution in [1.82, 2.24) is 0 Å². The van der Waals surface area contributed by atoms with E-state index in [0.717, 1.165) is 5.56 Å². The minimum Gasteiger partial charge on any atom is -0.305 e. The fraction of sp³-hybridized carbons (Fsp3) is 0.529. The van der Waals surface area contributed by atoms with E-state index in [9.17, 15) is 10.1 Å². The van der Waals surface area contributed by atoms with E-state index in [2.05, 4.69) is 39.9 Å². The molecule has 0 amide bonds. The Kier molecular flexibility index (Phi) is 3.42. The minimum atomic E-state index is -2.04. The van der Waals surface area contributed by atoms with Gasteiger partial charge in [0.15, 0.2) is 0 Å². The van der Waals surface area contributed by atoms with Crippen LogP contribution >= 0.6 is 0 Å². The fourth-order valence-corrected chi connectivity index (χ4v) is 4.59. The van der Waals surface area contributed by atoms with Crippen molar-refractivity contribution in [2.75, 3.05) is 0 Å². The molecule has 1 saturated carbocycles. The second kappa shape index (κ2) is 4.56. The molecule has 0 radical (unpaired) electrons. The van der Waals surface area contributed by atoms with Gasteiger partial charge in [0.2, 0.25) is 0 Å². The Morgan fingerprint density at radius 1 is 1.30 bits per heavy atom. The Morgan fingerprint density at radius 3 is 2.30 bits per heavy atom. The predicted octanol–water partition coefficient (Wildman–Crippen LogP) is 4.08. The Balaban J connectivity index is 2.31. The number of carbonyl (C=O) groups excluding carboxylic acids is 1. The molecule has 2 rings (SSSR count). The van der Waals surface area contributed by atoms with E-state index in [0.29, 0.717) is 11.8 Å². The summed E-state index contributed by atoms with van der Waals surface area (Å²) < 4.78 is 0. The van der Waals surface area contributed by atoms with E-state index in [1.165, 1.54) is 0 Å². The fourth-order valence-electron chi connectivity index (χ4n) is 2.63. The molecule has 3 heteroatoms. The molecular formula is C17H23NOSi. The zero-order valence-electron chi connectivity index (χ0n) is 13.0. The van der Waals surface area contributed by atoms with Crippen molar-refractivity contribution in [3.8, 4) is 6.07 Å². The first kappa shape index (κ1) is 15.0. The highest BCUT2D eigenvalue weighted by molar-refractivity contribution is 7.06. The standard InChI is InChI=1S/C17H23NOSi/c1-16(2,3)20(4,5)15(19)14-11-17(14,12-18)13-9-7-6-8-10-13/h6-10,14H,11H2,1-5H3/t14-,17-/m1/s1. The number of carbonyl (C=O) groups is 1. The summed E-state index contributed by atoms with van der Waals surface area (Å²) in [5.41, 5.74) is 0.438. The summed E-state index contributed by atoms with van der Waals surface area (Å²) in [5.74, 6) is -0.101. The lowest BCUT2D eigenvalue weighted by atomic mass is 9.95. The number of hydrogen-bond donors (Lipinski definition) is 0. The highest BCUT2D eigenvalue weighted by Gasteiger charge is 2.63. The Morgan fingerprint density at radius 2 is 1.85 bits per heavy atom. The quantitative estimate of drug-likeness (QED) is 0.785. The molecule has 0 bridgehead atoms. The molecule has 1 aromatic rings. The molecule has 0 N–H and O–H groups in total. The van der Waals surface area contributed by atoms with Crippen LogP contribution in [0.1, 0.15) is 32.8 Å². The van der Waals surface area contributed by atoms with Crippen molar-refractivity contribution in [2.24, 2.45) is 5.92 Å². The monoisotopic (exact) mass is 285 g/mol. The van der Waals surface area contributed by atoms with E-state index in [1.54, 1.807) is 0 Å². The zero-order valence-corrected chi connectivity index (χ0v) is 14.0. The molecule has 1 aliphatic rings. The van der Waals surface area contributed by atoms with Gasteiger partial charge in [-0.2, -0.15) is 5.26 Å². The summed E-state index contributed by atoms with van der Waals surface area (Å²) in [6.07, 6.45) is 0.693. The van der Waals surface area contributed by atoms with Crippen LogP contribution in [-0.2, 0) is 10.2 Å². The molecule has 0 unspecified atom stereocenters. The molecule has 1 aromatic carbocycles. The third-order valence-electron chi connectivity index (χ3n) is 5.26. The second-order valence-corrected chi connectivity index (χ2v) is 12.7. The second-order valence-electron chi connectivity index (χ2n) is 7.45. The molecule has 0 aromatic heterocycles. The van der Waals surface area contributed by atoms with E-state index in [-0.39, 0.29) is 11.0 Å². The van der Waals surface area contributed by atoms with Crippen molar-refractivity contribution in [3.63, 3.8) is 0 Å². The molecule has 106 valence electrons. The van der Waals surface area contributed by atoms with Crippen LogP contribution in [0.4, 0.5) is 0 Å². The van der Waals surface area contributed by atoms with Crippen molar-refractivity contribution < 1.29 is 4.79 Å². The van der Waals surface area contributed by atoms with Gasteiger partial charge in [-0.15, -0.1) is 0 Å². The Bertz CT molecular complexity index is 565. The van der Waals surface area contributed by atoms with Gasteiger partial charge in [-0.1, -0.05) is 64.2 Å². The van der Waals surface area contributed by atoms with Gasteiger partial charge in [0.25, 0.3) is 0 Å². The normalized spacial score (nSPS) is 25.9. The number of rotatable bonds is 3. The lowest BCUT2D eigenvalue weighted by Crippen LogP contribution is -2.48. The molecule has 0 heterocycles. The summed E-state index contributed by atoms with van der Waals surface area (Å²) in [4.78, 5) is 12.9. The number of nitriles is 1. The molecule has 0 saturated heterocycles. The van der Waals surface area contributed by atoms with Gasteiger partial charge in [0.05, 0.1) is 11.5 Å². The molecule has 2 nitrogen and oxygen atoms in total. The van der Waals surface area contributed by atoms with E-state index < -0.39 is 13.5 Å². The molecule has 20 heavy (non-hydrogen) atoms. The number of benzene rings is 1. The lowest BCUT2D eigenvalue weighted by Gasteiger charge is -2.35. The molecule has 1 aliphatic carbocycles. The lowest BCUT2D eigenvalue weighted by molar-refractivity contribution is -0.114. The molecule has 2 atom stereocenters. The average Bonchev–Trinajstić information content (AvgIpc) is 3.13. The van der Waals surface area contributed by atoms with Gasteiger partial charge >= 0.3 is 0 Å². The van der Waals surface area contributed by atoms with Gasteiger partial charge in [-0.3, -0.25) is 0 Å². The van der Waals surface area contributed by atoms with E-state index in [4.69, 9.17) is 0 Å². The van der Waals surface area contributed by atoms with Gasteiger partial charge < -0.3 is 4.79 Å². The van der Waals surface area contributed by atoms with Crippen molar-refractivity contribution in [1.29, 1.82) is 5.26 Å². The van der Waals surface area contributed by atoms with Crippen molar-refractivity contribution >= 4 is 13.5 Å². The maximum atomic E-state index is 12.9. The number of hydrogen-bond acceptors (Lipinski definition) is 2. The zero-order chi connectivity index (χ0) is 15.2. The summed E-state index contributed by atoms with van der Waals surface area (Å²) in [6.45, 7) is 10.7. The first-order chi connectivity index (χ1) is 9.17. The van der Waals surface area contributed by atoms with E-state index >= 15 is 0 Å². The van der Waals surface area contributed by atoms with Gasteiger partial charge in [-0.25, -0.2) is 0 Å². The smallest absolute Gasteiger partial charge is 0.132 e. The third kappa shape index (κ3) is 2.12. The number of nitrogens with zero attached hydrogens (tertiary/aromatic N) is 1. The van der Waals surface area contributed by atoms with Crippen LogP contribution in [0.25, 0.3) is 0 Å². The molecule has 0 spiro atoms.